The topological polar surface area (TPSA) is 165 Å². The van der Waals surface area contributed by atoms with Crippen LogP contribution < -0.4 is 26.2 Å². The van der Waals surface area contributed by atoms with E-state index >= 15 is 0 Å². The minimum atomic E-state index is -0.942. The van der Waals surface area contributed by atoms with Gasteiger partial charge in [-0.3, -0.25) is 24.3 Å². The summed E-state index contributed by atoms with van der Waals surface area (Å²) in [5.74, 6) is 0.221. The molecule has 0 spiro atoms. The highest BCUT2D eigenvalue weighted by molar-refractivity contribution is 6.33. The highest BCUT2D eigenvalue weighted by Gasteiger charge is 2.26. The van der Waals surface area contributed by atoms with Gasteiger partial charge in [0.05, 0.1) is 35.1 Å². The number of fused-ring (bicyclic) bond motifs is 1. The van der Waals surface area contributed by atoms with Crippen LogP contribution in [0.25, 0.3) is 22.0 Å². The Morgan fingerprint density at radius 1 is 0.906 bits per heavy atom. The number of amides is 2. The molecular formula is C49H62ClF2N5O7. The van der Waals surface area contributed by atoms with Crippen LogP contribution in [0.1, 0.15) is 93.9 Å². The van der Waals surface area contributed by atoms with Crippen LogP contribution in [0.3, 0.4) is 0 Å². The number of hydrogen-bond acceptors (Lipinski definition) is 9. The molecule has 0 unspecified atom stereocenters. The number of phenolic OH excluding ortho intramolecular Hbond substituents is 1. The summed E-state index contributed by atoms with van der Waals surface area (Å²) >= 11 is 6.65. The Hall–Kier alpha value is -5.54. The molecule has 15 heteroatoms. The van der Waals surface area contributed by atoms with Gasteiger partial charge in [-0.15, -0.1) is 0 Å². The monoisotopic (exact) mass is 905 g/mol. The fourth-order valence-electron chi connectivity index (χ4n) is 8.27. The van der Waals surface area contributed by atoms with E-state index in [0.717, 1.165) is 54.5 Å². The van der Waals surface area contributed by atoms with E-state index in [9.17, 15) is 24.6 Å². The number of aromatic amines is 1. The third-order valence-electron chi connectivity index (χ3n) is 11.7. The lowest BCUT2D eigenvalue weighted by molar-refractivity contribution is -0.116. The first-order chi connectivity index (χ1) is 30.0. The molecule has 5 aromatic rings. The molecule has 6 N–H and O–H groups in total. The summed E-state index contributed by atoms with van der Waals surface area (Å²) in [6.45, 7) is 3.81. The van der Waals surface area contributed by atoms with E-state index in [1.165, 1.54) is 44.9 Å². The number of ether oxygens (including phenoxy) is 2. The van der Waals surface area contributed by atoms with Gasteiger partial charge in [-0.25, -0.2) is 4.79 Å². The zero-order valence-corrected chi connectivity index (χ0v) is 37.5. The molecule has 12 nitrogen and oxygen atoms in total. The van der Waals surface area contributed by atoms with Gasteiger partial charge in [-0.1, -0.05) is 86.3 Å². The summed E-state index contributed by atoms with van der Waals surface area (Å²) in [5.41, 5.74) is 5.10. The summed E-state index contributed by atoms with van der Waals surface area (Å²) in [4.78, 5) is 43.3. The van der Waals surface area contributed by atoms with Crippen molar-refractivity contribution in [3.63, 3.8) is 0 Å². The van der Waals surface area contributed by atoms with E-state index in [1.54, 1.807) is 24.3 Å². The quantitative estimate of drug-likeness (QED) is 0.0417. The molecule has 0 bridgehead atoms. The first-order valence-corrected chi connectivity index (χ1v) is 22.2. The zero-order chi connectivity index (χ0) is 44.0. The molecule has 1 aliphatic rings. The van der Waals surface area contributed by atoms with Crippen molar-refractivity contribution >= 4 is 45.9 Å². The number of carbonyl (C=O) groups is 2. The van der Waals surface area contributed by atoms with Crippen molar-refractivity contribution in [3.05, 3.63) is 117 Å². The van der Waals surface area contributed by atoms with Crippen molar-refractivity contribution < 1.29 is 38.7 Å². The normalized spacial score (nSPS) is 15.2. The van der Waals surface area contributed by atoms with Crippen LogP contribution in [-0.4, -0.2) is 71.5 Å². The fraction of sp³-hybridized carbons (Fsp3) is 0.408. The van der Waals surface area contributed by atoms with Gasteiger partial charge in [-0.05, 0) is 99.5 Å². The van der Waals surface area contributed by atoms with Gasteiger partial charge in [0.1, 0.15) is 17.6 Å². The standard InChI is InChI=1S/C49H60ClN5O7.2FH/c1-4-5-6-10-26-55(2)35-17-19-36(20-18-35)62-49(60)53-41-27-32(16-21-37(41)33-13-8-7-9-14-33)12-11-15-46(58)52-42-29-45(61-3)34(28-40(42)50)30-51-31-44(57)38-22-24-43(56)48-39(38)23-25-47(59)54-48;;/h7-9,13-14,16,21-25,27-29,35-36,44,51,56-57H,4-6,10-12,15,17-20,26,30-31H2,1-3H3,(H,52,58)(H,53,60)(H,54,59);2*1H/t35?,36?,44-;;/m0../s1. The van der Waals surface area contributed by atoms with Gasteiger partial charge >= 0.3 is 6.09 Å². The number of aliphatic hydroxyl groups is 1. The summed E-state index contributed by atoms with van der Waals surface area (Å²) in [6.07, 6.45) is 8.64. The Kier molecular flexibility index (Phi) is 20.0. The van der Waals surface area contributed by atoms with Crippen LogP contribution in [0.2, 0.25) is 5.02 Å². The summed E-state index contributed by atoms with van der Waals surface area (Å²) in [5, 5.41) is 31.2. The highest BCUT2D eigenvalue weighted by atomic mass is 35.5. The van der Waals surface area contributed by atoms with E-state index < -0.39 is 12.2 Å². The molecule has 2 amide bonds. The second-order valence-electron chi connectivity index (χ2n) is 16.2. The predicted octanol–water partition coefficient (Wildman–Crippen LogP) is 10.0. The SMILES string of the molecule is CCCCCCN(C)C1CCC(OC(=O)Nc2cc(CCCC(=O)Nc3cc(OC)c(CNC[C@H](O)c4ccc(O)c5[nH]c(=O)ccc45)cc3Cl)ccc2-c2ccccc2)CC1.F.F. The maximum Gasteiger partial charge on any atom is 0.411 e. The van der Waals surface area contributed by atoms with Crippen molar-refractivity contribution in [2.75, 3.05) is 37.9 Å². The first-order valence-electron chi connectivity index (χ1n) is 21.8. The van der Waals surface area contributed by atoms with Crippen LogP contribution in [-0.2, 0) is 22.5 Å². The second-order valence-corrected chi connectivity index (χ2v) is 16.6. The molecule has 4 aromatic carbocycles. The third-order valence-corrected chi connectivity index (χ3v) is 12.1. The number of pyridine rings is 1. The van der Waals surface area contributed by atoms with Crippen molar-refractivity contribution in [2.45, 2.75) is 102 Å². The number of aliphatic hydroxyl groups excluding tert-OH is 1. The number of unbranched alkanes of at least 4 members (excludes halogenated alkanes) is 3. The Bertz CT molecular complexity index is 2340. The summed E-state index contributed by atoms with van der Waals surface area (Å²) in [7, 11) is 3.75. The Labute approximate surface area is 378 Å². The minimum Gasteiger partial charge on any atom is -0.506 e. The number of benzene rings is 4. The number of methoxy groups -OCH3 is 1. The molecule has 0 radical (unpaired) electrons. The molecule has 1 atom stereocenters. The van der Waals surface area contributed by atoms with E-state index in [-0.39, 0.29) is 51.2 Å². The fourth-order valence-corrected chi connectivity index (χ4v) is 8.51. The van der Waals surface area contributed by atoms with Gasteiger partial charge in [0.15, 0.2) is 0 Å². The van der Waals surface area contributed by atoms with Crippen LogP contribution in [0.5, 0.6) is 11.5 Å². The molecule has 1 heterocycles. The number of phenols is 1. The smallest absolute Gasteiger partial charge is 0.411 e. The molecule has 1 aliphatic carbocycles. The van der Waals surface area contributed by atoms with Crippen LogP contribution >= 0.6 is 11.6 Å². The average Bonchev–Trinajstić information content (AvgIpc) is 3.26. The van der Waals surface area contributed by atoms with Gasteiger partial charge in [0, 0.05) is 54.2 Å². The molecule has 0 aliphatic heterocycles. The molecule has 1 fully saturated rings. The zero-order valence-electron chi connectivity index (χ0n) is 36.8. The number of aromatic hydroxyl groups is 1. The maximum atomic E-state index is 13.3. The van der Waals surface area contributed by atoms with E-state index in [4.69, 9.17) is 21.1 Å². The van der Waals surface area contributed by atoms with Crippen molar-refractivity contribution in [1.82, 2.24) is 15.2 Å². The third kappa shape index (κ3) is 14.0. The van der Waals surface area contributed by atoms with Crippen molar-refractivity contribution in [1.29, 1.82) is 0 Å². The second kappa shape index (κ2) is 25.1. The van der Waals surface area contributed by atoms with E-state index in [0.29, 0.717) is 58.5 Å². The lowest BCUT2D eigenvalue weighted by Gasteiger charge is -2.34. The number of aryl methyl sites for hydroxylation is 1. The van der Waals surface area contributed by atoms with Crippen LogP contribution in [0.4, 0.5) is 25.6 Å². The summed E-state index contributed by atoms with van der Waals surface area (Å²) in [6, 6.07) is 25.8. The number of nitrogens with zero attached hydrogens (tertiary/aromatic N) is 1. The van der Waals surface area contributed by atoms with Crippen LogP contribution in [0.15, 0.2) is 89.7 Å². The maximum absolute atomic E-state index is 13.3. The number of nitrogens with one attached hydrogen (secondary N) is 4. The first kappa shape index (κ1) is 51.1. The molecule has 6 rings (SSSR count). The number of aromatic nitrogens is 1. The average molecular weight is 907 g/mol. The number of hydrogen-bond donors (Lipinski definition) is 6. The number of carbonyl (C=O) groups excluding carboxylic acids is 2. The lowest BCUT2D eigenvalue weighted by atomic mass is 9.92. The lowest BCUT2D eigenvalue weighted by Crippen LogP contribution is -2.38. The largest absolute Gasteiger partial charge is 0.506 e. The van der Waals surface area contributed by atoms with Gasteiger partial charge in [-0.2, -0.15) is 0 Å². The molecule has 64 heavy (non-hydrogen) atoms. The molecule has 346 valence electrons. The van der Waals surface area contributed by atoms with E-state index in [2.05, 4.69) is 39.8 Å². The number of rotatable bonds is 20. The minimum absolute atomic E-state index is 0. The number of anilines is 2. The molecular weight excluding hydrogens is 844 g/mol. The van der Waals surface area contributed by atoms with Crippen molar-refractivity contribution in [2.24, 2.45) is 0 Å². The predicted molar refractivity (Wildman–Crippen MR) is 252 cm³/mol. The number of halogens is 3. The Balaban J connectivity index is 0.00000449. The van der Waals surface area contributed by atoms with Gasteiger partial charge < -0.3 is 40.2 Å². The molecule has 0 saturated heterocycles. The Morgan fingerprint density at radius 2 is 1.67 bits per heavy atom. The number of H-pyrrole nitrogens is 1. The van der Waals surface area contributed by atoms with Gasteiger partial charge in [0.2, 0.25) is 11.5 Å². The van der Waals surface area contributed by atoms with Gasteiger partial charge in [0.25, 0.3) is 0 Å². The van der Waals surface area contributed by atoms with Crippen molar-refractivity contribution in [3.8, 4) is 22.6 Å². The van der Waals surface area contributed by atoms with E-state index in [1.807, 2.05) is 48.5 Å². The molecule has 1 aromatic heterocycles. The Morgan fingerprint density at radius 3 is 2.41 bits per heavy atom. The van der Waals surface area contributed by atoms with Crippen LogP contribution in [0, 0.1) is 0 Å². The highest BCUT2D eigenvalue weighted by Crippen LogP contribution is 2.34. The molecule has 1 saturated carbocycles. The summed E-state index contributed by atoms with van der Waals surface area (Å²) < 4.78 is 11.6.